The summed E-state index contributed by atoms with van der Waals surface area (Å²) in [5, 5.41) is 0.895. The van der Waals surface area contributed by atoms with Crippen molar-refractivity contribution in [1.29, 1.82) is 0 Å². The molecule has 1 saturated heterocycles. The number of hydrogen-bond acceptors (Lipinski definition) is 4. The summed E-state index contributed by atoms with van der Waals surface area (Å²) < 4.78 is 12.8. The summed E-state index contributed by atoms with van der Waals surface area (Å²) in [6, 6.07) is 21.2. The van der Waals surface area contributed by atoms with Crippen molar-refractivity contribution in [2.24, 2.45) is 0 Å². The highest BCUT2D eigenvalue weighted by molar-refractivity contribution is 7.86. The number of benzene rings is 3. The summed E-state index contributed by atoms with van der Waals surface area (Å²) in [5.74, 6) is -0.521. The van der Waals surface area contributed by atoms with Gasteiger partial charge in [0, 0.05) is 47.0 Å². The molecular formula is C27H26Cl2N2O3S. The summed E-state index contributed by atoms with van der Waals surface area (Å²) in [7, 11) is -1.62. The molecule has 8 heteroatoms. The number of hydrogen-bond donors (Lipinski definition) is 0. The molecule has 4 rings (SSSR count). The second-order valence-electron chi connectivity index (χ2n) is 8.58. The number of ketones is 1. The van der Waals surface area contributed by atoms with E-state index in [0.717, 1.165) is 5.69 Å². The van der Waals surface area contributed by atoms with Gasteiger partial charge in [0.15, 0.2) is 5.78 Å². The van der Waals surface area contributed by atoms with Gasteiger partial charge in [0.05, 0.1) is 26.5 Å². The third-order valence-electron chi connectivity index (χ3n) is 6.45. The molecule has 0 aliphatic carbocycles. The second-order valence-corrected chi connectivity index (χ2v) is 10.8. The quantitative estimate of drug-likeness (QED) is 0.383. The van der Waals surface area contributed by atoms with E-state index in [9.17, 15) is 13.8 Å². The summed E-state index contributed by atoms with van der Waals surface area (Å²) in [4.78, 5) is 30.2. The van der Waals surface area contributed by atoms with E-state index in [-0.39, 0.29) is 34.5 Å². The first-order chi connectivity index (χ1) is 16.8. The van der Waals surface area contributed by atoms with Crippen LogP contribution in [0.25, 0.3) is 0 Å². The highest BCUT2D eigenvalue weighted by atomic mass is 35.5. The van der Waals surface area contributed by atoms with Gasteiger partial charge in [0.2, 0.25) is 0 Å². The molecule has 1 fully saturated rings. The highest BCUT2D eigenvalue weighted by Crippen LogP contribution is 2.29. The third kappa shape index (κ3) is 5.61. The molecule has 1 heterocycles. The number of halogens is 2. The Balaban J connectivity index is 1.46. The number of carbonyl (C=O) groups is 2. The molecule has 0 N–H and O–H groups in total. The number of anilines is 1. The molecule has 2 unspecified atom stereocenters. The zero-order valence-electron chi connectivity index (χ0n) is 19.5. The van der Waals surface area contributed by atoms with Gasteiger partial charge < -0.3 is 9.80 Å². The molecule has 1 amide bonds. The largest absolute Gasteiger partial charge is 0.365 e. The van der Waals surface area contributed by atoms with Crippen LogP contribution in [0.1, 0.15) is 34.6 Å². The summed E-state index contributed by atoms with van der Waals surface area (Å²) in [6.45, 7) is 5.34. The smallest absolute Gasteiger partial charge is 0.254 e. The first-order valence-corrected chi connectivity index (χ1v) is 13.4. The second kappa shape index (κ2) is 10.9. The van der Waals surface area contributed by atoms with E-state index >= 15 is 0 Å². The third-order valence-corrected chi connectivity index (χ3v) is 8.48. The van der Waals surface area contributed by atoms with Gasteiger partial charge in [0.25, 0.3) is 5.91 Å². The van der Waals surface area contributed by atoms with Gasteiger partial charge in [-0.05, 0) is 50.2 Å². The zero-order chi connectivity index (χ0) is 25.1. The maximum atomic E-state index is 13.3. The number of nitrogens with zero attached hydrogens (tertiary/aromatic N) is 2. The minimum Gasteiger partial charge on any atom is -0.365 e. The van der Waals surface area contributed by atoms with Crippen LogP contribution in [0.4, 0.5) is 5.69 Å². The minimum absolute atomic E-state index is 0.0497. The van der Waals surface area contributed by atoms with E-state index in [2.05, 4.69) is 11.8 Å². The molecule has 35 heavy (non-hydrogen) atoms. The number of piperazine rings is 1. The van der Waals surface area contributed by atoms with Gasteiger partial charge in [0.1, 0.15) is 0 Å². The summed E-state index contributed by atoms with van der Waals surface area (Å²) in [6.07, 6.45) is 0. The van der Waals surface area contributed by atoms with E-state index < -0.39 is 10.8 Å². The zero-order valence-corrected chi connectivity index (χ0v) is 21.8. The highest BCUT2D eigenvalue weighted by Gasteiger charge is 2.34. The van der Waals surface area contributed by atoms with Gasteiger partial charge >= 0.3 is 0 Å². The standard InChI is InChI=1S/C27H26Cl2N2O3S/c1-18-19(2)31(14-13-30(18)23-10-6-9-22(28)16-23)27(33)21-11-12-26(24(29)15-21)35(34)17-25(32)20-7-4-3-5-8-20/h3-12,15-16,18-19H,13-14,17H2,1-2H3/t18?,19-,35?/m0/s1. The van der Waals surface area contributed by atoms with Crippen LogP contribution < -0.4 is 4.90 Å². The molecule has 0 radical (unpaired) electrons. The Morgan fingerprint density at radius 2 is 1.63 bits per heavy atom. The molecule has 3 aromatic rings. The molecule has 3 atom stereocenters. The average Bonchev–Trinajstić information content (AvgIpc) is 2.85. The Morgan fingerprint density at radius 3 is 2.31 bits per heavy atom. The van der Waals surface area contributed by atoms with Gasteiger partial charge in [-0.2, -0.15) is 0 Å². The Bertz CT molecular complexity index is 1270. The Labute approximate surface area is 218 Å². The number of amides is 1. The van der Waals surface area contributed by atoms with Crippen molar-refractivity contribution in [2.75, 3.05) is 23.7 Å². The lowest BCUT2D eigenvalue weighted by atomic mass is 10.0. The number of rotatable bonds is 6. The van der Waals surface area contributed by atoms with Crippen LogP contribution in [0, 0.1) is 0 Å². The predicted molar refractivity (Wildman–Crippen MR) is 142 cm³/mol. The molecule has 0 saturated carbocycles. The first-order valence-electron chi connectivity index (χ1n) is 11.4. The molecule has 0 aromatic heterocycles. The summed E-state index contributed by atoms with van der Waals surface area (Å²) in [5.41, 5.74) is 1.97. The van der Waals surface area contributed by atoms with Crippen LogP contribution in [0.2, 0.25) is 10.0 Å². The van der Waals surface area contributed by atoms with Crippen LogP contribution in [0.15, 0.2) is 77.7 Å². The van der Waals surface area contributed by atoms with Crippen molar-refractivity contribution >= 4 is 51.4 Å². The molecule has 3 aromatic carbocycles. The lowest BCUT2D eigenvalue weighted by Crippen LogP contribution is -2.59. The van der Waals surface area contributed by atoms with Crippen LogP contribution >= 0.6 is 23.2 Å². The molecule has 0 bridgehead atoms. The maximum Gasteiger partial charge on any atom is 0.254 e. The Hall–Kier alpha value is -2.67. The number of Topliss-reactive ketones (excluding diaryl/α,β-unsaturated/α-hetero) is 1. The van der Waals surface area contributed by atoms with Gasteiger partial charge in [-0.15, -0.1) is 0 Å². The Kier molecular flexibility index (Phi) is 7.95. The van der Waals surface area contributed by atoms with E-state index in [1.165, 1.54) is 0 Å². The molecule has 1 aliphatic rings. The minimum atomic E-state index is -1.62. The van der Waals surface area contributed by atoms with Crippen LogP contribution in [-0.2, 0) is 10.8 Å². The normalized spacial score (nSPS) is 18.9. The van der Waals surface area contributed by atoms with Gasteiger partial charge in [-0.25, -0.2) is 0 Å². The first kappa shape index (κ1) is 25.4. The van der Waals surface area contributed by atoms with Crippen molar-refractivity contribution < 1.29 is 13.8 Å². The van der Waals surface area contributed by atoms with Crippen molar-refractivity contribution in [2.45, 2.75) is 30.8 Å². The van der Waals surface area contributed by atoms with Crippen molar-refractivity contribution in [3.8, 4) is 0 Å². The molecule has 182 valence electrons. The van der Waals surface area contributed by atoms with E-state index in [4.69, 9.17) is 23.2 Å². The lowest BCUT2D eigenvalue weighted by Gasteiger charge is -2.46. The van der Waals surface area contributed by atoms with Crippen LogP contribution in [0.3, 0.4) is 0 Å². The van der Waals surface area contributed by atoms with Crippen LogP contribution in [0.5, 0.6) is 0 Å². The number of carbonyl (C=O) groups excluding carboxylic acids is 2. The fourth-order valence-electron chi connectivity index (χ4n) is 4.34. The Morgan fingerprint density at radius 1 is 0.886 bits per heavy atom. The monoisotopic (exact) mass is 528 g/mol. The van der Waals surface area contributed by atoms with Gasteiger partial charge in [-0.3, -0.25) is 13.8 Å². The summed E-state index contributed by atoms with van der Waals surface area (Å²) >= 11 is 12.6. The lowest BCUT2D eigenvalue weighted by molar-refractivity contribution is 0.0634. The average molecular weight is 529 g/mol. The topological polar surface area (TPSA) is 57.7 Å². The molecule has 5 nitrogen and oxygen atoms in total. The van der Waals surface area contributed by atoms with Gasteiger partial charge in [-0.1, -0.05) is 59.6 Å². The van der Waals surface area contributed by atoms with Crippen molar-refractivity contribution in [3.05, 3.63) is 94.0 Å². The van der Waals surface area contributed by atoms with E-state index in [0.29, 0.717) is 34.1 Å². The molecular weight excluding hydrogens is 503 g/mol. The maximum absolute atomic E-state index is 13.3. The fraction of sp³-hybridized carbons (Fsp3) is 0.259. The molecule has 1 aliphatic heterocycles. The van der Waals surface area contributed by atoms with E-state index in [1.54, 1.807) is 42.5 Å². The SMILES string of the molecule is CC1[C@H](C)N(C(=O)c2ccc(S(=O)CC(=O)c3ccccc3)c(Cl)c2)CCN1c1cccc(Cl)c1. The predicted octanol–water partition coefficient (Wildman–Crippen LogP) is 5.72. The van der Waals surface area contributed by atoms with Crippen molar-refractivity contribution in [1.82, 2.24) is 4.90 Å². The molecule has 0 spiro atoms. The fourth-order valence-corrected chi connectivity index (χ4v) is 6.02. The van der Waals surface area contributed by atoms with Crippen LogP contribution in [-0.4, -0.2) is 51.7 Å². The van der Waals surface area contributed by atoms with E-state index in [1.807, 2.05) is 42.2 Å². The van der Waals surface area contributed by atoms with Crippen molar-refractivity contribution in [3.63, 3.8) is 0 Å².